The fourth-order valence-corrected chi connectivity index (χ4v) is 4.73. The number of para-hydroxylation sites is 1. The highest BCUT2D eigenvalue weighted by molar-refractivity contribution is 8.15. The SMILES string of the molecule is CCCc1cc(Oc2ccccc2)ccc1OCCCOc1cccc([C@@]2(C)SC(=O)NC2=O)c1. The molecule has 0 aliphatic carbocycles. The van der Waals surface area contributed by atoms with Crippen molar-refractivity contribution < 1.29 is 23.8 Å². The van der Waals surface area contributed by atoms with Crippen molar-refractivity contribution in [2.45, 2.75) is 37.9 Å². The maximum atomic E-state index is 12.2. The average Bonchev–Trinajstić information content (AvgIpc) is 3.13. The van der Waals surface area contributed by atoms with Gasteiger partial charge in [0.15, 0.2) is 0 Å². The molecule has 2 amide bonds. The Morgan fingerprint density at radius 3 is 2.37 bits per heavy atom. The molecule has 4 rings (SSSR count). The number of benzene rings is 3. The Labute approximate surface area is 210 Å². The van der Waals surface area contributed by atoms with E-state index in [1.165, 1.54) is 0 Å². The summed E-state index contributed by atoms with van der Waals surface area (Å²) in [6.45, 7) is 4.87. The van der Waals surface area contributed by atoms with Gasteiger partial charge in [-0.3, -0.25) is 14.9 Å². The number of thioether (sulfide) groups is 1. The number of rotatable bonds is 11. The van der Waals surface area contributed by atoms with Crippen molar-refractivity contribution >= 4 is 22.9 Å². The molecule has 1 N–H and O–H groups in total. The lowest BCUT2D eigenvalue weighted by Gasteiger charge is -2.19. The first kappa shape index (κ1) is 24.7. The molecule has 1 saturated heterocycles. The lowest BCUT2D eigenvalue weighted by molar-refractivity contribution is -0.121. The molecule has 3 aromatic carbocycles. The molecule has 0 saturated carbocycles. The highest BCUT2D eigenvalue weighted by atomic mass is 32.2. The molecule has 0 unspecified atom stereocenters. The summed E-state index contributed by atoms with van der Waals surface area (Å²) in [6.07, 6.45) is 2.60. The van der Waals surface area contributed by atoms with Crippen LogP contribution in [0, 0.1) is 0 Å². The van der Waals surface area contributed by atoms with Gasteiger partial charge in [0, 0.05) is 6.42 Å². The van der Waals surface area contributed by atoms with Gasteiger partial charge in [0.2, 0.25) is 5.91 Å². The Bertz CT molecular complexity index is 1180. The van der Waals surface area contributed by atoms with Crippen LogP contribution in [0.3, 0.4) is 0 Å². The minimum atomic E-state index is -0.939. The number of nitrogens with one attached hydrogen (secondary N) is 1. The number of amides is 2. The molecule has 3 aromatic rings. The molecule has 0 spiro atoms. The van der Waals surface area contributed by atoms with Gasteiger partial charge in [0.25, 0.3) is 5.24 Å². The average molecular weight is 492 g/mol. The second-order valence-corrected chi connectivity index (χ2v) is 9.78. The summed E-state index contributed by atoms with van der Waals surface area (Å²) in [5, 5.41) is 2.02. The Balaban J connectivity index is 1.30. The summed E-state index contributed by atoms with van der Waals surface area (Å²) in [4.78, 5) is 23.9. The van der Waals surface area contributed by atoms with E-state index in [4.69, 9.17) is 14.2 Å². The van der Waals surface area contributed by atoms with Crippen LogP contribution in [0.2, 0.25) is 0 Å². The molecule has 1 atom stereocenters. The maximum Gasteiger partial charge on any atom is 0.287 e. The van der Waals surface area contributed by atoms with Crippen molar-refractivity contribution in [3.8, 4) is 23.0 Å². The topological polar surface area (TPSA) is 73.9 Å². The largest absolute Gasteiger partial charge is 0.493 e. The third kappa shape index (κ3) is 6.17. The van der Waals surface area contributed by atoms with Gasteiger partial charge in [-0.15, -0.1) is 0 Å². The second kappa shape index (κ2) is 11.3. The fourth-order valence-electron chi connectivity index (χ4n) is 3.82. The van der Waals surface area contributed by atoms with Crippen LogP contribution in [0.1, 0.15) is 37.8 Å². The monoisotopic (exact) mass is 491 g/mol. The Morgan fingerprint density at radius 1 is 0.857 bits per heavy atom. The van der Waals surface area contributed by atoms with E-state index in [1.807, 2.05) is 72.8 Å². The van der Waals surface area contributed by atoms with Gasteiger partial charge in [-0.2, -0.15) is 0 Å². The zero-order valence-electron chi connectivity index (χ0n) is 19.9. The number of aryl methyl sites for hydroxylation is 1. The van der Waals surface area contributed by atoms with E-state index < -0.39 is 4.75 Å². The lowest BCUT2D eigenvalue weighted by atomic mass is 9.99. The molecule has 182 valence electrons. The highest BCUT2D eigenvalue weighted by Gasteiger charge is 2.45. The van der Waals surface area contributed by atoms with Crippen molar-refractivity contribution in [1.82, 2.24) is 5.32 Å². The molecule has 0 radical (unpaired) electrons. The maximum absolute atomic E-state index is 12.2. The van der Waals surface area contributed by atoms with Crippen molar-refractivity contribution in [3.05, 3.63) is 83.9 Å². The van der Waals surface area contributed by atoms with Crippen LogP contribution in [0.15, 0.2) is 72.8 Å². The molecule has 1 heterocycles. The third-order valence-corrected chi connectivity index (χ3v) is 6.79. The fraction of sp³-hybridized carbons (Fsp3) is 0.286. The van der Waals surface area contributed by atoms with Crippen LogP contribution in [-0.2, 0) is 16.0 Å². The quantitative estimate of drug-likeness (QED) is 0.310. The first-order valence-corrected chi connectivity index (χ1v) is 12.6. The summed E-state index contributed by atoms with van der Waals surface area (Å²) in [6, 6.07) is 23.0. The summed E-state index contributed by atoms with van der Waals surface area (Å²) in [5.41, 5.74) is 1.85. The van der Waals surface area contributed by atoms with Crippen LogP contribution < -0.4 is 19.5 Å². The Kier molecular flexibility index (Phi) is 7.98. The molecular formula is C28H29NO5S. The van der Waals surface area contributed by atoms with Crippen LogP contribution in [-0.4, -0.2) is 24.4 Å². The van der Waals surface area contributed by atoms with E-state index in [0.717, 1.165) is 53.0 Å². The van der Waals surface area contributed by atoms with E-state index in [9.17, 15) is 9.59 Å². The van der Waals surface area contributed by atoms with Crippen LogP contribution in [0.25, 0.3) is 0 Å². The first-order valence-electron chi connectivity index (χ1n) is 11.7. The van der Waals surface area contributed by atoms with Gasteiger partial charge >= 0.3 is 0 Å². The number of hydrogen-bond donors (Lipinski definition) is 1. The molecular weight excluding hydrogens is 462 g/mol. The number of carbonyl (C=O) groups is 2. The zero-order chi connectivity index (χ0) is 24.7. The van der Waals surface area contributed by atoms with Crippen molar-refractivity contribution in [2.24, 2.45) is 0 Å². The predicted octanol–water partition coefficient (Wildman–Crippen LogP) is 6.48. The van der Waals surface area contributed by atoms with E-state index in [1.54, 1.807) is 6.92 Å². The molecule has 1 aliphatic rings. The Hall–Kier alpha value is -3.45. The minimum absolute atomic E-state index is 0.305. The zero-order valence-corrected chi connectivity index (χ0v) is 20.7. The molecule has 1 aliphatic heterocycles. The molecule has 0 aromatic heterocycles. The van der Waals surface area contributed by atoms with E-state index in [-0.39, 0.29) is 11.1 Å². The Morgan fingerprint density at radius 2 is 1.63 bits per heavy atom. The van der Waals surface area contributed by atoms with Crippen molar-refractivity contribution in [3.63, 3.8) is 0 Å². The van der Waals surface area contributed by atoms with E-state index in [0.29, 0.717) is 25.4 Å². The van der Waals surface area contributed by atoms with Gasteiger partial charge in [-0.25, -0.2) is 0 Å². The van der Waals surface area contributed by atoms with Gasteiger partial charge in [0.05, 0.1) is 13.2 Å². The van der Waals surface area contributed by atoms with Gasteiger partial charge in [0.1, 0.15) is 27.7 Å². The number of imide groups is 1. The van der Waals surface area contributed by atoms with E-state index in [2.05, 4.69) is 12.2 Å². The summed E-state index contributed by atoms with van der Waals surface area (Å²) < 4.78 is 17.0. The minimum Gasteiger partial charge on any atom is -0.493 e. The van der Waals surface area contributed by atoms with Gasteiger partial charge in [-0.05, 0) is 78.7 Å². The predicted molar refractivity (Wildman–Crippen MR) is 137 cm³/mol. The molecule has 7 heteroatoms. The molecule has 35 heavy (non-hydrogen) atoms. The number of ether oxygens (including phenoxy) is 3. The molecule has 1 fully saturated rings. The normalized spacial score (nSPS) is 17.2. The molecule has 6 nitrogen and oxygen atoms in total. The van der Waals surface area contributed by atoms with Crippen molar-refractivity contribution in [1.29, 1.82) is 0 Å². The first-order chi connectivity index (χ1) is 17.0. The highest BCUT2D eigenvalue weighted by Crippen LogP contribution is 2.41. The summed E-state index contributed by atoms with van der Waals surface area (Å²) in [7, 11) is 0. The summed E-state index contributed by atoms with van der Waals surface area (Å²) >= 11 is 0.990. The molecule has 0 bridgehead atoms. The summed E-state index contributed by atoms with van der Waals surface area (Å²) in [5.74, 6) is 2.81. The van der Waals surface area contributed by atoms with E-state index >= 15 is 0 Å². The number of carbonyl (C=O) groups excluding carboxylic acids is 2. The van der Waals surface area contributed by atoms with Crippen LogP contribution in [0.5, 0.6) is 23.0 Å². The van der Waals surface area contributed by atoms with Crippen molar-refractivity contribution in [2.75, 3.05) is 13.2 Å². The smallest absolute Gasteiger partial charge is 0.287 e. The number of hydrogen-bond acceptors (Lipinski definition) is 6. The van der Waals surface area contributed by atoms with Gasteiger partial charge < -0.3 is 14.2 Å². The second-order valence-electron chi connectivity index (χ2n) is 8.39. The van der Waals surface area contributed by atoms with Crippen LogP contribution >= 0.6 is 11.8 Å². The van der Waals surface area contributed by atoms with Crippen LogP contribution in [0.4, 0.5) is 4.79 Å². The third-order valence-electron chi connectivity index (χ3n) is 5.68. The lowest BCUT2D eigenvalue weighted by Crippen LogP contribution is -2.31. The van der Waals surface area contributed by atoms with Gasteiger partial charge in [-0.1, -0.05) is 43.7 Å². The standard InChI is InChI=1S/C28H29NO5S/c1-3-9-20-18-24(34-22-11-5-4-6-12-22)14-15-25(20)33-17-8-16-32-23-13-7-10-21(19-23)28(2)26(30)29-27(31)35-28/h4-7,10-15,18-19H,3,8-9,16-17H2,1-2H3,(H,29,30,31)/t28-/m1/s1.